The Kier molecular flexibility index (Phi) is 11.8. The van der Waals surface area contributed by atoms with Crippen LogP contribution in [0.15, 0.2) is 30.6 Å². The van der Waals surface area contributed by atoms with Gasteiger partial charge >= 0.3 is 12.6 Å². The number of anilines is 1. The van der Waals surface area contributed by atoms with E-state index in [1.165, 1.54) is 37.7 Å². The number of hydrogen-bond acceptors (Lipinski definition) is 6. The molecule has 1 aromatic heterocycles. The second-order valence-electron chi connectivity index (χ2n) is 7.27. The maximum atomic E-state index is 12.8. The summed E-state index contributed by atoms with van der Waals surface area (Å²) in [7, 11) is 1.37. The first kappa shape index (κ1) is 27.6. The molecule has 0 saturated carbocycles. The smallest absolute Gasteiger partial charge is 0.387 e. The summed E-state index contributed by atoms with van der Waals surface area (Å²) >= 11 is 12.0. The average molecular weight is 519 g/mol. The van der Waals surface area contributed by atoms with E-state index in [9.17, 15) is 18.4 Å². The van der Waals surface area contributed by atoms with Gasteiger partial charge in [0, 0.05) is 24.4 Å². The van der Waals surface area contributed by atoms with Crippen LogP contribution in [-0.4, -0.2) is 37.2 Å². The number of methoxy groups -OCH3 is 1. The Bertz CT molecular complexity index is 943. The standard InChI is InChI=1S/C23H26Cl2F2N2O5/c1-32-20(30)8-6-4-2-3-5-7-11-33-19-12-15(9-10-18(19)34-23(26)27)22(31)29-21-16(24)13-28-14-17(21)25/h9-10,12-14,23H,2-8,11H2,1H3,(H,28,29,31). The summed E-state index contributed by atoms with van der Waals surface area (Å²) in [4.78, 5) is 27.5. The summed E-state index contributed by atoms with van der Waals surface area (Å²) in [6.45, 7) is -2.78. The molecule has 0 spiro atoms. The number of hydrogen-bond donors (Lipinski definition) is 1. The van der Waals surface area contributed by atoms with Crippen LogP contribution in [-0.2, 0) is 9.53 Å². The van der Waals surface area contributed by atoms with E-state index in [-0.39, 0.29) is 45.4 Å². The number of rotatable bonds is 14. The zero-order chi connectivity index (χ0) is 24.9. The lowest BCUT2D eigenvalue weighted by atomic mass is 10.1. The number of ether oxygens (including phenoxy) is 3. The van der Waals surface area contributed by atoms with Gasteiger partial charge in [-0.05, 0) is 31.0 Å². The van der Waals surface area contributed by atoms with Gasteiger partial charge in [-0.2, -0.15) is 8.78 Å². The second-order valence-corrected chi connectivity index (χ2v) is 8.08. The zero-order valence-electron chi connectivity index (χ0n) is 18.6. The van der Waals surface area contributed by atoms with E-state index in [4.69, 9.17) is 27.9 Å². The van der Waals surface area contributed by atoms with E-state index in [0.717, 1.165) is 32.1 Å². The minimum absolute atomic E-state index is 0.0259. The third kappa shape index (κ3) is 9.30. The highest BCUT2D eigenvalue weighted by Gasteiger charge is 2.17. The predicted octanol–water partition coefficient (Wildman–Crippen LogP) is 6.52. The minimum atomic E-state index is -3.04. The molecule has 7 nitrogen and oxygen atoms in total. The van der Waals surface area contributed by atoms with Gasteiger partial charge < -0.3 is 19.5 Å². The van der Waals surface area contributed by atoms with Crippen molar-refractivity contribution >= 4 is 40.8 Å². The van der Waals surface area contributed by atoms with Crippen molar-refractivity contribution in [2.45, 2.75) is 51.6 Å². The summed E-state index contributed by atoms with van der Waals surface area (Å²) in [5, 5.41) is 2.88. The number of nitrogens with one attached hydrogen (secondary N) is 1. The van der Waals surface area contributed by atoms with E-state index in [1.807, 2.05) is 0 Å². The lowest BCUT2D eigenvalue weighted by molar-refractivity contribution is -0.140. The van der Waals surface area contributed by atoms with Crippen molar-refractivity contribution in [3.63, 3.8) is 0 Å². The number of pyridine rings is 1. The van der Waals surface area contributed by atoms with Gasteiger partial charge in [-0.25, -0.2) is 0 Å². The van der Waals surface area contributed by atoms with Crippen LogP contribution in [0.4, 0.5) is 14.5 Å². The maximum absolute atomic E-state index is 12.8. The second kappa shape index (κ2) is 14.6. The van der Waals surface area contributed by atoms with Crippen LogP contribution in [0.5, 0.6) is 11.5 Å². The number of benzene rings is 1. The predicted molar refractivity (Wildman–Crippen MR) is 125 cm³/mol. The molecule has 11 heteroatoms. The molecule has 2 aromatic rings. The monoisotopic (exact) mass is 518 g/mol. The molecular weight excluding hydrogens is 493 g/mol. The fourth-order valence-corrected chi connectivity index (χ4v) is 3.49. The van der Waals surface area contributed by atoms with Crippen molar-refractivity contribution in [3.8, 4) is 11.5 Å². The molecule has 2 rings (SSSR count). The molecule has 0 fully saturated rings. The molecule has 0 radical (unpaired) electrons. The number of alkyl halides is 2. The molecule has 0 atom stereocenters. The molecule has 1 amide bonds. The number of unbranched alkanes of at least 4 members (excludes halogenated alkanes) is 5. The Hall–Kier alpha value is -2.65. The van der Waals surface area contributed by atoms with Crippen molar-refractivity contribution in [2.24, 2.45) is 0 Å². The number of amides is 1. The molecule has 0 saturated heterocycles. The van der Waals surface area contributed by atoms with E-state index >= 15 is 0 Å². The van der Waals surface area contributed by atoms with Crippen molar-refractivity contribution in [1.82, 2.24) is 4.98 Å². The maximum Gasteiger partial charge on any atom is 0.387 e. The van der Waals surface area contributed by atoms with Gasteiger partial charge in [0.25, 0.3) is 5.91 Å². The van der Waals surface area contributed by atoms with E-state index in [1.54, 1.807) is 0 Å². The van der Waals surface area contributed by atoms with Crippen LogP contribution in [0.1, 0.15) is 55.3 Å². The number of carbonyl (C=O) groups is 2. The normalized spacial score (nSPS) is 10.8. The highest BCUT2D eigenvalue weighted by Crippen LogP contribution is 2.32. The van der Waals surface area contributed by atoms with Gasteiger partial charge in [0.05, 0.1) is 29.4 Å². The van der Waals surface area contributed by atoms with Crippen molar-refractivity contribution in [3.05, 3.63) is 46.2 Å². The molecule has 186 valence electrons. The molecule has 0 unspecified atom stereocenters. The third-order valence-corrected chi connectivity index (χ3v) is 5.35. The SMILES string of the molecule is COC(=O)CCCCCCCCOc1cc(C(=O)Nc2c(Cl)cncc2Cl)ccc1OC(F)F. The molecular formula is C23H26Cl2F2N2O5. The first-order valence-electron chi connectivity index (χ1n) is 10.7. The van der Waals surface area contributed by atoms with Crippen LogP contribution in [0.2, 0.25) is 10.0 Å². The van der Waals surface area contributed by atoms with Crippen LogP contribution < -0.4 is 14.8 Å². The largest absolute Gasteiger partial charge is 0.490 e. The number of carbonyl (C=O) groups excluding carboxylic acids is 2. The summed E-state index contributed by atoms with van der Waals surface area (Å²) in [6.07, 6.45) is 8.23. The molecule has 1 heterocycles. The molecule has 34 heavy (non-hydrogen) atoms. The van der Waals surface area contributed by atoms with E-state index < -0.39 is 12.5 Å². The van der Waals surface area contributed by atoms with Crippen LogP contribution in [0, 0.1) is 0 Å². The first-order valence-corrected chi connectivity index (χ1v) is 11.5. The molecule has 0 aliphatic carbocycles. The summed E-state index contributed by atoms with van der Waals surface area (Å²) in [5.41, 5.74) is 0.330. The summed E-state index contributed by atoms with van der Waals surface area (Å²) in [6, 6.07) is 3.90. The lowest BCUT2D eigenvalue weighted by Crippen LogP contribution is -2.14. The molecule has 1 aromatic carbocycles. The fourth-order valence-electron chi connectivity index (χ4n) is 3.03. The Morgan fingerprint density at radius 2 is 1.65 bits per heavy atom. The molecule has 0 bridgehead atoms. The van der Waals surface area contributed by atoms with Gasteiger partial charge in [0.1, 0.15) is 0 Å². The van der Waals surface area contributed by atoms with Crippen LogP contribution >= 0.6 is 23.2 Å². The quantitative estimate of drug-likeness (QED) is 0.226. The Morgan fingerprint density at radius 3 is 2.29 bits per heavy atom. The van der Waals surface area contributed by atoms with Gasteiger partial charge in [-0.1, -0.05) is 48.9 Å². The van der Waals surface area contributed by atoms with Gasteiger partial charge in [-0.15, -0.1) is 0 Å². The number of halogens is 4. The molecule has 1 N–H and O–H groups in total. The van der Waals surface area contributed by atoms with Crippen molar-refractivity contribution in [1.29, 1.82) is 0 Å². The lowest BCUT2D eigenvalue weighted by Gasteiger charge is -2.14. The number of nitrogens with zero attached hydrogens (tertiary/aromatic N) is 1. The highest BCUT2D eigenvalue weighted by molar-refractivity contribution is 6.39. The van der Waals surface area contributed by atoms with Gasteiger partial charge in [0.2, 0.25) is 0 Å². The highest BCUT2D eigenvalue weighted by atomic mass is 35.5. The van der Waals surface area contributed by atoms with E-state index in [2.05, 4.69) is 19.8 Å². The van der Waals surface area contributed by atoms with Crippen LogP contribution in [0.25, 0.3) is 0 Å². The topological polar surface area (TPSA) is 86.8 Å². The van der Waals surface area contributed by atoms with Gasteiger partial charge in [0.15, 0.2) is 11.5 Å². The van der Waals surface area contributed by atoms with E-state index in [0.29, 0.717) is 12.8 Å². The average Bonchev–Trinajstić information content (AvgIpc) is 2.80. The molecule has 0 aliphatic heterocycles. The van der Waals surface area contributed by atoms with Crippen molar-refractivity contribution < 1.29 is 32.6 Å². The molecule has 0 aliphatic rings. The first-order chi connectivity index (χ1) is 16.3. The minimum Gasteiger partial charge on any atom is -0.490 e. The fraction of sp³-hybridized carbons (Fsp3) is 0.435. The Labute approximate surface area is 206 Å². The number of aromatic nitrogens is 1. The summed E-state index contributed by atoms with van der Waals surface area (Å²) in [5.74, 6) is -0.916. The zero-order valence-corrected chi connectivity index (χ0v) is 20.1. The summed E-state index contributed by atoms with van der Waals surface area (Å²) < 4.78 is 40.3. The third-order valence-electron chi connectivity index (χ3n) is 4.77. The Morgan fingerprint density at radius 1 is 1.00 bits per heavy atom. The van der Waals surface area contributed by atoms with Crippen LogP contribution in [0.3, 0.4) is 0 Å². The van der Waals surface area contributed by atoms with Gasteiger partial charge in [-0.3, -0.25) is 14.6 Å². The van der Waals surface area contributed by atoms with Crippen molar-refractivity contribution in [2.75, 3.05) is 19.0 Å². The Balaban J connectivity index is 1.91. The number of esters is 1.